The monoisotopic (exact) mass is 337 g/mol. The first-order valence-corrected chi connectivity index (χ1v) is 7.56. The van der Waals surface area contributed by atoms with Gasteiger partial charge in [0.25, 0.3) is 5.91 Å². The van der Waals surface area contributed by atoms with Crippen molar-refractivity contribution in [3.05, 3.63) is 82.7 Å². The molecular weight excluding hydrogens is 322 g/mol. The number of hydrogen-bond acceptors (Lipinski definition) is 5. The summed E-state index contributed by atoms with van der Waals surface area (Å²) in [6, 6.07) is 18.8. The Morgan fingerprint density at radius 3 is 2.32 bits per heavy atom. The second-order valence-corrected chi connectivity index (χ2v) is 5.30. The van der Waals surface area contributed by atoms with Crippen LogP contribution in [0.25, 0.3) is 0 Å². The molecule has 0 aliphatic carbocycles. The van der Waals surface area contributed by atoms with Crippen LogP contribution in [0, 0.1) is 10.1 Å². The molecule has 1 amide bonds. The summed E-state index contributed by atoms with van der Waals surface area (Å²) in [6.07, 6.45) is 1.18. The minimum absolute atomic E-state index is 0.136. The highest BCUT2D eigenvalue weighted by atomic mass is 16.6. The third-order valence-electron chi connectivity index (χ3n) is 3.54. The second-order valence-electron chi connectivity index (χ2n) is 5.30. The van der Waals surface area contributed by atoms with Gasteiger partial charge in [-0.25, -0.2) is 0 Å². The molecule has 25 heavy (non-hydrogen) atoms. The Kier molecular flexibility index (Phi) is 4.79. The third kappa shape index (κ3) is 4.05. The molecule has 3 rings (SSSR count). The Morgan fingerprint density at radius 2 is 1.72 bits per heavy atom. The maximum atomic E-state index is 12.8. The van der Waals surface area contributed by atoms with Crippen molar-refractivity contribution in [2.24, 2.45) is 0 Å². The number of rotatable bonds is 6. The highest BCUT2D eigenvalue weighted by molar-refractivity contribution is 5.93. The van der Waals surface area contributed by atoms with Crippen LogP contribution in [0.2, 0.25) is 0 Å². The van der Waals surface area contributed by atoms with Crippen LogP contribution in [0.3, 0.4) is 0 Å². The topological polar surface area (TPSA) is 94.2 Å². The van der Waals surface area contributed by atoms with Crippen molar-refractivity contribution in [2.45, 2.75) is 13.1 Å². The van der Waals surface area contributed by atoms with Crippen LogP contribution < -0.4 is 4.90 Å². The lowest BCUT2D eigenvalue weighted by Crippen LogP contribution is -2.33. The van der Waals surface area contributed by atoms with Crippen LogP contribution in [0.1, 0.15) is 5.56 Å². The standard InChI is InChI=1S/C17H15N5O3/c23-16(12-20-13-18-17(19-20)22(24)25)21(15-9-5-2-6-10-15)11-14-7-3-1-4-8-14/h1-10,13H,11-12H2. The molecule has 0 bridgehead atoms. The highest BCUT2D eigenvalue weighted by Crippen LogP contribution is 2.17. The number of hydrogen-bond donors (Lipinski definition) is 0. The lowest BCUT2D eigenvalue weighted by Gasteiger charge is -2.22. The smallest absolute Gasteiger partial charge is 0.390 e. The first-order chi connectivity index (χ1) is 12.1. The first kappa shape index (κ1) is 16.3. The zero-order valence-electron chi connectivity index (χ0n) is 13.2. The molecule has 8 nitrogen and oxygen atoms in total. The zero-order valence-corrected chi connectivity index (χ0v) is 13.2. The van der Waals surface area contributed by atoms with Crippen LogP contribution >= 0.6 is 0 Å². The van der Waals surface area contributed by atoms with Crippen LogP contribution in [0.5, 0.6) is 0 Å². The Labute approximate surface area is 143 Å². The summed E-state index contributed by atoms with van der Waals surface area (Å²) in [5.74, 6) is -0.767. The van der Waals surface area contributed by atoms with E-state index in [4.69, 9.17) is 0 Å². The number of aromatic nitrogens is 3. The lowest BCUT2D eigenvalue weighted by atomic mass is 10.2. The summed E-state index contributed by atoms with van der Waals surface area (Å²) in [7, 11) is 0. The molecule has 0 N–H and O–H groups in total. The van der Waals surface area contributed by atoms with Gasteiger partial charge in [-0.2, -0.15) is 4.68 Å². The fraction of sp³-hybridized carbons (Fsp3) is 0.118. The van der Waals surface area contributed by atoms with Crippen molar-refractivity contribution in [1.29, 1.82) is 0 Å². The van der Waals surface area contributed by atoms with Crippen LogP contribution in [0.4, 0.5) is 11.6 Å². The first-order valence-electron chi connectivity index (χ1n) is 7.56. The number of carbonyl (C=O) groups excluding carboxylic acids is 1. The normalized spacial score (nSPS) is 10.4. The summed E-state index contributed by atoms with van der Waals surface area (Å²) >= 11 is 0. The third-order valence-corrected chi connectivity index (χ3v) is 3.54. The van der Waals surface area contributed by atoms with E-state index < -0.39 is 10.9 Å². The summed E-state index contributed by atoms with van der Waals surface area (Å²) in [6.45, 7) is 0.253. The number of anilines is 1. The van der Waals surface area contributed by atoms with Crippen molar-refractivity contribution in [3.8, 4) is 0 Å². The van der Waals surface area contributed by atoms with Gasteiger partial charge in [0.05, 0.1) is 6.54 Å². The quantitative estimate of drug-likeness (QED) is 0.508. The molecule has 0 saturated heterocycles. The van der Waals surface area contributed by atoms with E-state index in [0.717, 1.165) is 11.3 Å². The molecule has 0 unspecified atom stereocenters. The predicted molar refractivity (Wildman–Crippen MR) is 90.8 cm³/mol. The molecule has 0 fully saturated rings. The van der Waals surface area contributed by atoms with E-state index >= 15 is 0 Å². The average molecular weight is 337 g/mol. The Bertz CT molecular complexity index is 864. The van der Waals surface area contributed by atoms with Gasteiger partial charge in [0.2, 0.25) is 6.33 Å². The minimum atomic E-state index is -0.695. The van der Waals surface area contributed by atoms with E-state index in [1.807, 2.05) is 60.7 Å². The van der Waals surface area contributed by atoms with Gasteiger partial charge in [-0.15, -0.1) is 0 Å². The van der Waals surface area contributed by atoms with Gasteiger partial charge in [-0.3, -0.25) is 4.79 Å². The summed E-state index contributed by atoms with van der Waals surface area (Å²) < 4.78 is 1.17. The van der Waals surface area contributed by atoms with Gasteiger partial charge < -0.3 is 15.0 Å². The largest absolute Gasteiger partial charge is 0.490 e. The summed E-state index contributed by atoms with van der Waals surface area (Å²) in [5.41, 5.74) is 1.72. The van der Waals surface area contributed by atoms with Gasteiger partial charge in [0.1, 0.15) is 6.54 Å². The number of nitro groups is 1. The predicted octanol–water partition coefficient (Wildman–Crippen LogP) is 2.42. The van der Waals surface area contributed by atoms with E-state index in [0.29, 0.717) is 6.54 Å². The van der Waals surface area contributed by atoms with E-state index in [2.05, 4.69) is 10.1 Å². The average Bonchev–Trinajstić information content (AvgIpc) is 3.10. The maximum absolute atomic E-state index is 12.8. The van der Waals surface area contributed by atoms with Crippen LogP contribution in [-0.2, 0) is 17.9 Å². The minimum Gasteiger partial charge on any atom is -0.390 e. The van der Waals surface area contributed by atoms with Crippen molar-refractivity contribution < 1.29 is 9.72 Å². The number of carbonyl (C=O) groups is 1. The van der Waals surface area contributed by atoms with Gasteiger partial charge in [-0.1, -0.05) is 53.5 Å². The van der Waals surface area contributed by atoms with Crippen LogP contribution in [-0.4, -0.2) is 25.6 Å². The van der Waals surface area contributed by atoms with Crippen LogP contribution in [0.15, 0.2) is 67.0 Å². The molecule has 0 saturated carbocycles. The maximum Gasteiger partial charge on any atom is 0.490 e. The molecular formula is C17H15N5O3. The molecule has 2 aromatic carbocycles. The fourth-order valence-corrected chi connectivity index (χ4v) is 2.37. The summed E-state index contributed by atoms with van der Waals surface area (Å²) in [4.78, 5) is 27.9. The molecule has 8 heteroatoms. The Balaban J connectivity index is 1.82. The summed E-state index contributed by atoms with van der Waals surface area (Å²) in [5, 5.41) is 14.4. The molecule has 0 radical (unpaired) electrons. The Hall–Kier alpha value is -3.55. The number of para-hydroxylation sites is 1. The molecule has 0 spiro atoms. The second kappa shape index (κ2) is 7.35. The number of benzene rings is 2. The molecule has 0 atom stereocenters. The van der Waals surface area contributed by atoms with Gasteiger partial charge in [0.15, 0.2) is 0 Å². The molecule has 0 aliphatic rings. The molecule has 3 aromatic rings. The zero-order chi connectivity index (χ0) is 17.6. The van der Waals surface area contributed by atoms with Crippen molar-refractivity contribution in [2.75, 3.05) is 4.90 Å². The van der Waals surface area contributed by atoms with Gasteiger partial charge >= 0.3 is 5.95 Å². The van der Waals surface area contributed by atoms with E-state index in [9.17, 15) is 14.9 Å². The van der Waals surface area contributed by atoms with E-state index in [1.54, 1.807) is 4.90 Å². The number of nitrogens with zero attached hydrogens (tertiary/aromatic N) is 5. The van der Waals surface area contributed by atoms with Gasteiger partial charge in [0, 0.05) is 10.8 Å². The van der Waals surface area contributed by atoms with Crippen molar-refractivity contribution in [3.63, 3.8) is 0 Å². The van der Waals surface area contributed by atoms with Gasteiger partial charge in [-0.05, 0) is 22.6 Å². The highest BCUT2D eigenvalue weighted by Gasteiger charge is 2.20. The molecule has 1 heterocycles. The SMILES string of the molecule is O=C(Cn1cnc([N+](=O)[O-])n1)N(Cc1ccccc1)c1ccccc1. The fourth-order valence-electron chi connectivity index (χ4n) is 2.37. The van der Waals surface area contributed by atoms with Crippen molar-refractivity contribution >= 4 is 17.5 Å². The lowest BCUT2D eigenvalue weighted by molar-refractivity contribution is -0.394. The molecule has 1 aromatic heterocycles. The van der Waals surface area contributed by atoms with E-state index in [1.165, 1.54) is 11.0 Å². The molecule has 126 valence electrons. The van der Waals surface area contributed by atoms with E-state index in [-0.39, 0.29) is 12.5 Å². The Morgan fingerprint density at radius 1 is 1.08 bits per heavy atom. The van der Waals surface area contributed by atoms with Crippen molar-refractivity contribution in [1.82, 2.24) is 14.8 Å². The molecule has 0 aliphatic heterocycles. The number of amides is 1.